The summed E-state index contributed by atoms with van der Waals surface area (Å²) in [5.41, 5.74) is 1.04. The first-order chi connectivity index (χ1) is 7.00. The summed E-state index contributed by atoms with van der Waals surface area (Å²) in [4.78, 5) is 24.7. The number of halogens is 1. The number of aryl methyl sites for hydroxylation is 1. The molecule has 1 heterocycles. The van der Waals surface area contributed by atoms with Crippen LogP contribution >= 0.6 is 15.9 Å². The molecule has 2 rings (SSSR count). The molecule has 0 spiro atoms. The SMILES string of the molecule is Cn1c(=O)[nH]c2c(Br)cc(C(=O)O)cc21. The molecule has 0 unspecified atom stereocenters. The van der Waals surface area contributed by atoms with Gasteiger partial charge in [0, 0.05) is 11.5 Å². The van der Waals surface area contributed by atoms with E-state index in [1.807, 2.05) is 0 Å². The lowest BCUT2D eigenvalue weighted by Gasteiger charge is -1.99. The maximum absolute atomic E-state index is 11.3. The van der Waals surface area contributed by atoms with E-state index >= 15 is 0 Å². The van der Waals surface area contributed by atoms with Crippen molar-refractivity contribution in [3.8, 4) is 0 Å². The highest BCUT2D eigenvalue weighted by Crippen LogP contribution is 2.23. The number of rotatable bonds is 1. The number of carboxylic acids is 1. The second-order valence-corrected chi connectivity index (χ2v) is 4.00. The zero-order valence-electron chi connectivity index (χ0n) is 7.74. The fourth-order valence-corrected chi connectivity index (χ4v) is 1.95. The van der Waals surface area contributed by atoms with E-state index in [2.05, 4.69) is 20.9 Å². The van der Waals surface area contributed by atoms with Crippen molar-refractivity contribution in [1.29, 1.82) is 0 Å². The van der Waals surface area contributed by atoms with Gasteiger partial charge in [-0.3, -0.25) is 4.57 Å². The van der Waals surface area contributed by atoms with E-state index in [-0.39, 0.29) is 11.3 Å². The van der Waals surface area contributed by atoms with Crippen molar-refractivity contribution in [2.75, 3.05) is 0 Å². The molecule has 2 aromatic rings. The number of nitrogens with one attached hydrogen (secondary N) is 1. The van der Waals surface area contributed by atoms with Gasteiger partial charge in [-0.2, -0.15) is 0 Å². The maximum atomic E-state index is 11.3. The smallest absolute Gasteiger partial charge is 0.335 e. The van der Waals surface area contributed by atoms with Crippen LogP contribution in [0.4, 0.5) is 0 Å². The summed E-state index contributed by atoms with van der Waals surface area (Å²) >= 11 is 3.22. The van der Waals surface area contributed by atoms with Gasteiger partial charge >= 0.3 is 11.7 Å². The van der Waals surface area contributed by atoms with Gasteiger partial charge in [-0.15, -0.1) is 0 Å². The van der Waals surface area contributed by atoms with E-state index in [1.165, 1.54) is 16.7 Å². The van der Waals surface area contributed by atoms with E-state index in [1.54, 1.807) is 7.05 Å². The van der Waals surface area contributed by atoms with E-state index in [9.17, 15) is 9.59 Å². The Balaban J connectivity index is 2.91. The number of aromatic amines is 1. The summed E-state index contributed by atoms with van der Waals surface area (Å²) in [6, 6.07) is 2.92. The second-order valence-electron chi connectivity index (χ2n) is 3.15. The van der Waals surface area contributed by atoms with Gasteiger partial charge in [-0.1, -0.05) is 0 Å². The summed E-state index contributed by atoms with van der Waals surface area (Å²) in [6.07, 6.45) is 0. The summed E-state index contributed by atoms with van der Waals surface area (Å²) in [5.74, 6) is -1.02. The number of aromatic carboxylic acids is 1. The van der Waals surface area contributed by atoms with Crippen molar-refractivity contribution in [2.45, 2.75) is 0 Å². The van der Waals surface area contributed by atoms with Gasteiger partial charge in [-0.25, -0.2) is 9.59 Å². The van der Waals surface area contributed by atoms with E-state index in [0.717, 1.165) is 0 Å². The Morgan fingerprint density at radius 1 is 1.53 bits per heavy atom. The van der Waals surface area contributed by atoms with Crippen LogP contribution in [0.2, 0.25) is 0 Å². The zero-order valence-corrected chi connectivity index (χ0v) is 9.33. The average Bonchev–Trinajstić information content (AvgIpc) is 2.45. The molecule has 5 nitrogen and oxygen atoms in total. The molecule has 1 aromatic heterocycles. The van der Waals surface area contributed by atoms with Gasteiger partial charge in [0.05, 0.1) is 16.6 Å². The summed E-state index contributed by atoms with van der Waals surface area (Å²) in [7, 11) is 1.58. The van der Waals surface area contributed by atoms with Crippen LogP contribution in [0.3, 0.4) is 0 Å². The van der Waals surface area contributed by atoms with E-state index < -0.39 is 5.97 Å². The number of benzene rings is 1. The number of fused-ring (bicyclic) bond motifs is 1. The van der Waals surface area contributed by atoms with Crippen molar-refractivity contribution in [1.82, 2.24) is 9.55 Å². The number of H-pyrrole nitrogens is 1. The van der Waals surface area contributed by atoms with E-state index in [4.69, 9.17) is 5.11 Å². The minimum absolute atomic E-state index is 0.143. The highest BCUT2D eigenvalue weighted by Gasteiger charge is 2.11. The van der Waals surface area contributed by atoms with Crippen LogP contribution in [-0.4, -0.2) is 20.6 Å². The Morgan fingerprint density at radius 3 is 2.80 bits per heavy atom. The molecule has 0 bridgehead atoms. The molecule has 2 N–H and O–H groups in total. The summed E-state index contributed by atoms with van der Waals surface area (Å²) < 4.78 is 1.93. The quantitative estimate of drug-likeness (QED) is 0.821. The first kappa shape index (κ1) is 9.97. The molecule has 0 aliphatic heterocycles. The molecule has 78 valence electrons. The van der Waals surface area contributed by atoms with Crippen molar-refractivity contribution < 1.29 is 9.90 Å². The van der Waals surface area contributed by atoms with Crippen molar-refractivity contribution in [3.05, 3.63) is 32.7 Å². The van der Waals surface area contributed by atoms with Crippen LogP contribution in [0.25, 0.3) is 11.0 Å². The Hall–Kier alpha value is -1.56. The minimum atomic E-state index is -1.02. The van der Waals surface area contributed by atoms with Gasteiger partial charge in [0.1, 0.15) is 0 Å². The molecule has 15 heavy (non-hydrogen) atoms. The Labute approximate surface area is 92.5 Å². The molecule has 0 aliphatic carbocycles. The van der Waals surface area contributed by atoms with Crippen molar-refractivity contribution >= 4 is 32.9 Å². The van der Waals surface area contributed by atoms with Gasteiger partial charge in [0.15, 0.2) is 0 Å². The fraction of sp³-hybridized carbons (Fsp3) is 0.111. The lowest BCUT2D eigenvalue weighted by molar-refractivity contribution is 0.0697. The van der Waals surface area contributed by atoms with Crippen molar-refractivity contribution in [3.63, 3.8) is 0 Å². The zero-order chi connectivity index (χ0) is 11.2. The number of aromatic nitrogens is 2. The van der Waals surface area contributed by atoms with Crippen molar-refractivity contribution in [2.24, 2.45) is 7.05 Å². The van der Waals surface area contributed by atoms with Gasteiger partial charge in [0.2, 0.25) is 0 Å². The summed E-state index contributed by atoms with van der Waals surface area (Å²) in [6.45, 7) is 0. The fourth-order valence-electron chi connectivity index (χ4n) is 1.40. The Kier molecular flexibility index (Phi) is 2.15. The molecule has 1 aromatic carbocycles. The van der Waals surface area contributed by atoms with Crippen LogP contribution in [0.15, 0.2) is 21.4 Å². The van der Waals surface area contributed by atoms with Crippen LogP contribution in [-0.2, 0) is 7.05 Å². The standard InChI is InChI=1S/C9H7BrN2O3/c1-12-6-3-4(8(13)14)2-5(10)7(6)11-9(12)15/h2-3H,1H3,(H,11,15)(H,13,14). The van der Waals surface area contributed by atoms with Crippen LogP contribution in [0, 0.1) is 0 Å². The number of hydrogen-bond donors (Lipinski definition) is 2. The Morgan fingerprint density at radius 2 is 2.20 bits per heavy atom. The number of carboxylic acid groups (broad SMARTS) is 1. The maximum Gasteiger partial charge on any atom is 0.335 e. The van der Waals surface area contributed by atoms with Gasteiger partial charge in [-0.05, 0) is 28.1 Å². The minimum Gasteiger partial charge on any atom is -0.478 e. The summed E-state index contributed by atoms with van der Waals surface area (Å²) in [5, 5.41) is 8.85. The molecular formula is C9H7BrN2O3. The number of nitrogens with zero attached hydrogens (tertiary/aromatic N) is 1. The van der Waals surface area contributed by atoms with Gasteiger partial charge < -0.3 is 10.1 Å². The normalized spacial score (nSPS) is 10.8. The predicted molar refractivity (Wildman–Crippen MR) is 58.2 cm³/mol. The number of hydrogen-bond acceptors (Lipinski definition) is 2. The molecule has 0 atom stereocenters. The largest absolute Gasteiger partial charge is 0.478 e. The van der Waals surface area contributed by atoms with Crippen LogP contribution < -0.4 is 5.69 Å². The monoisotopic (exact) mass is 270 g/mol. The third-order valence-electron chi connectivity index (χ3n) is 2.21. The second kappa shape index (κ2) is 3.23. The average molecular weight is 271 g/mol. The lowest BCUT2D eigenvalue weighted by atomic mass is 10.2. The highest BCUT2D eigenvalue weighted by atomic mass is 79.9. The first-order valence-corrected chi connectivity index (χ1v) is 4.91. The first-order valence-electron chi connectivity index (χ1n) is 4.12. The third-order valence-corrected chi connectivity index (χ3v) is 2.84. The Bertz CT molecular complexity index is 612. The topological polar surface area (TPSA) is 75.1 Å². The molecule has 0 saturated heterocycles. The molecule has 0 radical (unpaired) electrons. The molecule has 0 amide bonds. The van der Waals surface area contributed by atoms with Gasteiger partial charge in [0.25, 0.3) is 0 Å². The third kappa shape index (κ3) is 1.46. The molecule has 0 fully saturated rings. The van der Waals surface area contributed by atoms with Crippen LogP contribution in [0.5, 0.6) is 0 Å². The molecule has 0 aliphatic rings. The lowest BCUT2D eigenvalue weighted by Crippen LogP contribution is -2.11. The predicted octanol–water partition coefficient (Wildman–Crippen LogP) is 1.33. The molecule has 0 saturated carbocycles. The van der Waals surface area contributed by atoms with E-state index in [0.29, 0.717) is 15.5 Å². The highest BCUT2D eigenvalue weighted by molar-refractivity contribution is 9.10. The number of carbonyl (C=O) groups is 1. The van der Waals surface area contributed by atoms with Crippen LogP contribution in [0.1, 0.15) is 10.4 Å². The molecular weight excluding hydrogens is 264 g/mol. The number of imidazole rings is 1. The molecule has 6 heteroatoms.